The summed E-state index contributed by atoms with van der Waals surface area (Å²) in [5.74, 6) is -1.14. The summed E-state index contributed by atoms with van der Waals surface area (Å²) in [5.41, 5.74) is 5.92. The van der Waals surface area contributed by atoms with Crippen molar-refractivity contribution in [2.24, 2.45) is 5.73 Å². The number of nitro groups is 1. The fraction of sp³-hybridized carbons (Fsp3) is 0.0714. The van der Waals surface area contributed by atoms with Crippen LogP contribution in [0.2, 0.25) is 5.02 Å². The van der Waals surface area contributed by atoms with E-state index in [9.17, 15) is 19.3 Å². The topological polar surface area (TPSA) is 98.3 Å². The lowest BCUT2D eigenvalue weighted by molar-refractivity contribution is -0.384. The van der Waals surface area contributed by atoms with E-state index in [1.807, 2.05) is 0 Å². The lowest BCUT2D eigenvalue weighted by Gasteiger charge is -2.18. The molecular formula is C14H11ClFN3O3. The van der Waals surface area contributed by atoms with Gasteiger partial charge in [0.2, 0.25) is 5.91 Å². The van der Waals surface area contributed by atoms with E-state index < -0.39 is 22.7 Å². The van der Waals surface area contributed by atoms with Gasteiger partial charge >= 0.3 is 0 Å². The Morgan fingerprint density at radius 2 is 1.91 bits per heavy atom. The monoisotopic (exact) mass is 323 g/mol. The van der Waals surface area contributed by atoms with Gasteiger partial charge in [0.05, 0.1) is 15.6 Å². The summed E-state index contributed by atoms with van der Waals surface area (Å²) in [4.78, 5) is 21.7. The number of nitro benzene ring substituents is 1. The molecule has 1 unspecified atom stereocenters. The van der Waals surface area contributed by atoms with E-state index in [1.54, 1.807) is 0 Å². The van der Waals surface area contributed by atoms with E-state index in [0.29, 0.717) is 11.3 Å². The van der Waals surface area contributed by atoms with Crippen molar-refractivity contribution in [3.63, 3.8) is 0 Å². The molecule has 1 atom stereocenters. The second-order valence-electron chi connectivity index (χ2n) is 4.45. The Kier molecular flexibility index (Phi) is 4.57. The highest BCUT2D eigenvalue weighted by Gasteiger charge is 2.19. The number of carbonyl (C=O) groups is 1. The molecule has 0 aliphatic rings. The first-order valence-electron chi connectivity index (χ1n) is 6.13. The number of nitrogens with zero attached hydrogens (tertiary/aromatic N) is 1. The normalized spacial score (nSPS) is 11.7. The summed E-state index contributed by atoms with van der Waals surface area (Å²) < 4.78 is 12.9. The molecule has 3 N–H and O–H groups in total. The van der Waals surface area contributed by atoms with Crippen LogP contribution in [-0.4, -0.2) is 10.8 Å². The minimum absolute atomic E-state index is 0.0718. The molecule has 0 aliphatic heterocycles. The Labute approximate surface area is 129 Å². The largest absolute Gasteiger partial charge is 0.369 e. The second-order valence-corrected chi connectivity index (χ2v) is 4.86. The molecule has 0 fully saturated rings. The molecule has 0 aliphatic carbocycles. The van der Waals surface area contributed by atoms with E-state index in [1.165, 1.54) is 36.4 Å². The maximum absolute atomic E-state index is 12.9. The zero-order chi connectivity index (χ0) is 16.3. The van der Waals surface area contributed by atoms with Gasteiger partial charge in [-0.1, -0.05) is 23.7 Å². The molecule has 2 aromatic carbocycles. The summed E-state index contributed by atoms with van der Waals surface area (Å²) in [6.45, 7) is 0. The van der Waals surface area contributed by atoms with E-state index in [-0.39, 0.29) is 10.7 Å². The van der Waals surface area contributed by atoms with Crippen LogP contribution in [0.4, 0.5) is 15.8 Å². The van der Waals surface area contributed by atoms with Crippen LogP contribution in [0.5, 0.6) is 0 Å². The Morgan fingerprint density at radius 3 is 2.41 bits per heavy atom. The van der Waals surface area contributed by atoms with Crippen LogP contribution in [0.15, 0.2) is 42.5 Å². The third kappa shape index (κ3) is 3.50. The van der Waals surface area contributed by atoms with Crippen molar-refractivity contribution < 1.29 is 14.1 Å². The van der Waals surface area contributed by atoms with Gasteiger partial charge < -0.3 is 11.1 Å². The first kappa shape index (κ1) is 15.7. The van der Waals surface area contributed by atoms with Crippen LogP contribution in [0.1, 0.15) is 11.6 Å². The number of carbonyl (C=O) groups excluding carboxylic acids is 1. The van der Waals surface area contributed by atoms with Crippen molar-refractivity contribution in [1.82, 2.24) is 0 Å². The van der Waals surface area contributed by atoms with E-state index in [4.69, 9.17) is 17.3 Å². The van der Waals surface area contributed by atoms with E-state index >= 15 is 0 Å². The van der Waals surface area contributed by atoms with Gasteiger partial charge in [-0.3, -0.25) is 14.9 Å². The fourth-order valence-electron chi connectivity index (χ4n) is 1.86. The molecule has 0 bridgehead atoms. The molecule has 114 valence electrons. The van der Waals surface area contributed by atoms with Gasteiger partial charge in [-0.05, 0) is 23.8 Å². The zero-order valence-corrected chi connectivity index (χ0v) is 11.9. The number of rotatable bonds is 5. The van der Waals surface area contributed by atoms with E-state index in [0.717, 1.165) is 6.07 Å². The minimum Gasteiger partial charge on any atom is -0.369 e. The Hall–Kier alpha value is -2.67. The van der Waals surface area contributed by atoms with Crippen molar-refractivity contribution in [2.75, 3.05) is 5.32 Å². The van der Waals surface area contributed by atoms with Gasteiger partial charge in [-0.25, -0.2) is 4.39 Å². The number of nitrogens with one attached hydrogen (secondary N) is 1. The molecule has 2 rings (SSSR count). The van der Waals surface area contributed by atoms with Crippen molar-refractivity contribution in [3.05, 3.63) is 69.0 Å². The zero-order valence-electron chi connectivity index (χ0n) is 11.1. The van der Waals surface area contributed by atoms with Crippen molar-refractivity contribution in [2.45, 2.75) is 6.04 Å². The van der Waals surface area contributed by atoms with E-state index in [2.05, 4.69) is 5.32 Å². The number of hydrogen-bond acceptors (Lipinski definition) is 4. The standard InChI is InChI=1S/C14H11ClFN3O3/c15-11-7-10(19(21)22)5-6-12(11)18-13(14(17)20)8-1-3-9(16)4-2-8/h1-7,13,18H,(H2,17,20). The van der Waals surface area contributed by atoms with Crippen molar-refractivity contribution >= 4 is 28.9 Å². The second kappa shape index (κ2) is 6.40. The summed E-state index contributed by atoms with van der Waals surface area (Å²) in [6, 6.07) is 8.06. The summed E-state index contributed by atoms with van der Waals surface area (Å²) in [6.07, 6.45) is 0. The van der Waals surface area contributed by atoms with Gasteiger partial charge in [0.15, 0.2) is 0 Å². The first-order chi connectivity index (χ1) is 10.4. The SMILES string of the molecule is NC(=O)C(Nc1ccc([N+](=O)[O-])cc1Cl)c1ccc(F)cc1. The van der Waals surface area contributed by atoms with Gasteiger partial charge in [0, 0.05) is 12.1 Å². The number of hydrogen-bond donors (Lipinski definition) is 2. The number of amides is 1. The number of halogens is 2. The lowest BCUT2D eigenvalue weighted by Crippen LogP contribution is -2.27. The third-order valence-corrected chi connectivity index (χ3v) is 3.26. The maximum Gasteiger partial charge on any atom is 0.271 e. The van der Waals surface area contributed by atoms with Gasteiger partial charge in [0.1, 0.15) is 11.9 Å². The molecule has 0 aromatic heterocycles. The molecule has 2 aromatic rings. The van der Waals surface area contributed by atoms with Crippen LogP contribution >= 0.6 is 11.6 Å². The average molecular weight is 324 g/mol. The molecular weight excluding hydrogens is 313 g/mol. The van der Waals surface area contributed by atoms with Gasteiger partial charge in [-0.15, -0.1) is 0 Å². The quantitative estimate of drug-likeness (QED) is 0.652. The number of nitrogens with two attached hydrogens (primary N) is 1. The highest BCUT2D eigenvalue weighted by Crippen LogP contribution is 2.29. The maximum atomic E-state index is 12.9. The predicted octanol–water partition coefficient (Wildman–Crippen LogP) is 3.03. The smallest absolute Gasteiger partial charge is 0.271 e. The number of primary amides is 1. The predicted molar refractivity (Wildman–Crippen MR) is 80.1 cm³/mol. The van der Waals surface area contributed by atoms with Gasteiger partial charge in [-0.2, -0.15) is 0 Å². The molecule has 1 amide bonds. The summed E-state index contributed by atoms with van der Waals surface area (Å²) in [5, 5.41) is 13.5. The molecule has 0 radical (unpaired) electrons. The molecule has 22 heavy (non-hydrogen) atoms. The number of non-ortho nitro benzene ring substituents is 1. The molecule has 0 saturated carbocycles. The molecule has 6 nitrogen and oxygen atoms in total. The van der Waals surface area contributed by atoms with Crippen molar-refractivity contribution in [1.29, 1.82) is 0 Å². The molecule has 0 heterocycles. The van der Waals surface area contributed by atoms with Crippen LogP contribution in [0, 0.1) is 15.9 Å². The lowest BCUT2D eigenvalue weighted by atomic mass is 10.1. The minimum atomic E-state index is -0.945. The van der Waals surface area contributed by atoms with Crippen LogP contribution in [0.3, 0.4) is 0 Å². The van der Waals surface area contributed by atoms with Crippen molar-refractivity contribution in [3.8, 4) is 0 Å². The first-order valence-corrected chi connectivity index (χ1v) is 6.51. The number of benzene rings is 2. The van der Waals surface area contributed by atoms with Crippen LogP contribution < -0.4 is 11.1 Å². The number of anilines is 1. The average Bonchev–Trinajstić information content (AvgIpc) is 2.46. The highest BCUT2D eigenvalue weighted by atomic mass is 35.5. The molecule has 0 saturated heterocycles. The summed E-state index contributed by atoms with van der Waals surface area (Å²) in [7, 11) is 0. The van der Waals surface area contributed by atoms with Crippen LogP contribution in [-0.2, 0) is 4.79 Å². The third-order valence-electron chi connectivity index (χ3n) is 2.95. The Bertz CT molecular complexity index is 722. The highest BCUT2D eigenvalue weighted by molar-refractivity contribution is 6.33. The Morgan fingerprint density at radius 1 is 1.27 bits per heavy atom. The Balaban J connectivity index is 2.30. The molecule has 0 spiro atoms. The molecule has 8 heteroatoms. The van der Waals surface area contributed by atoms with Crippen LogP contribution in [0.25, 0.3) is 0 Å². The fourth-order valence-corrected chi connectivity index (χ4v) is 2.09. The van der Waals surface area contributed by atoms with Gasteiger partial charge in [0.25, 0.3) is 5.69 Å². The summed E-state index contributed by atoms with van der Waals surface area (Å²) >= 11 is 5.96.